The molecule has 106 valence electrons. The highest BCUT2D eigenvalue weighted by atomic mass is 16.4. The molecule has 0 bridgehead atoms. The van der Waals surface area contributed by atoms with Crippen LogP contribution in [0.3, 0.4) is 0 Å². The van der Waals surface area contributed by atoms with Gasteiger partial charge in [-0.2, -0.15) is 5.10 Å². The van der Waals surface area contributed by atoms with Gasteiger partial charge in [0.15, 0.2) is 5.69 Å². The first kappa shape index (κ1) is 13.1. The zero-order valence-electron chi connectivity index (χ0n) is 11.6. The Hall–Kier alpha value is -2.89. The first-order valence-electron chi connectivity index (χ1n) is 6.35. The topological polar surface area (TPSA) is 81.1 Å². The fourth-order valence-electron chi connectivity index (χ4n) is 2.11. The van der Waals surface area contributed by atoms with Crippen LogP contribution in [0.2, 0.25) is 0 Å². The van der Waals surface area contributed by atoms with Gasteiger partial charge in [-0.3, -0.25) is 4.68 Å². The van der Waals surface area contributed by atoms with E-state index < -0.39 is 5.97 Å². The van der Waals surface area contributed by atoms with E-state index in [1.807, 2.05) is 31.2 Å². The van der Waals surface area contributed by atoms with Crippen LogP contribution < -0.4 is 0 Å². The van der Waals surface area contributed by atoms with Gasteiger partial charge in [0.1, 0.15) is 6.26 Å². The predicted molar refractivity (Wildman–Crippen MR) is 75.8 cm³/mol. The summed E-state index contributed by atoms with van der Waals surface area (Å²) in [5.74, 6) is -0.473. The van der Waals surface area contributed by atoms with E-state index in [1.165, 1.54) is 0 Å². The van der Waals surface area contributed by atoms with Crippen LogP contribution in [0.25, 0.3) is 22.7 Å². The molecule has 3 rings (SSSR count). The minimum Gasteiger partial charge on any atom is -0.476 e. The Labute approximate surface area is 120 Å². The van der Waals surface area contributed by atoms with Crippen molar-refractivity contribution in [1.29, 1.82) is 0 Å². The van der Waals surface area contributed by atoms with Gasteiger partial charge < -0.3 is 9.52 Å². The molecule has 21 heavy (non-hydrogen) atoms. The van der Waals surface area contributed by atoms with Crippen molar-refractivity contribution in [3.63, 3.8) is 0 Å². The number of oxazole rings is 1. The van der Waals surface area contributed by atoms with Gasteiger partial charge in [-0.15, -0.1) is 0 Å². The number of hydrogen-bond acceptors (Lipinski definition) is 4. The summed E-state index contributed by atoms with van der Waals surface area (Å²) in [6, 6.07) is 9.09. The zero-order chi connectivity index (χ0) is 15.0. The summed E-state index contributed by atoms with van der Waals surface area (Å²) in [5.41, 5.74) is 3.34. The van der Waals surface area contributed by atoms with Crippen molar-refractivity contribution in [3.8, 4) is 22.7 Å². The maximum Gasteiger partial charge on any atom is 0.356 e. The lowest BCUT2D eigenvalue weighted by atomic mass is 10.1. The number of nitrogens with zero attached hydrogens (tertiary/aromatic N) is 3. The van der Waals surface area contributed by atoms with E-state index in [0.717, 1.165) is 22.5 Å². The Morgan fingerprint density at radius 2 is 1.90 bits per heavy atom. The van der Waals surface area contributed by atoms with Gasteiger partial charge in [-0.25, -0.2) is 9.78 Å². The van der Waals surface area contributed by atoms with Crippen LogP contribution in [0.15, 0.2) is 41.0 Å². The van der Waals surface area contributed by atoms with Crippen LogP contribution in [-0.4, -0.2) is 25.8 Å². The fourth-order valence-corrected chi connectivity index (χ4v) is 2.11. The average molecular weight is 283 g/mol. The predicted octanol–water partition coefficient (Wildman–Crippen LogP) is 2.75. The second-order valence-electron chi connectivity index (χ2n) is 4.71. The molecule has 6 nitrogen and oxygen atoms in total. The third-order valence-corrected chi connectivity index (χ3v) is 3.15. The Kier molecular flexibility index (Phi) is 3.06. The first-order chi connectivity index (χ1) is 10.0. The molecule has 0 spiro atoms. The van der Waals surface area contributed by atoms with Crippen molar-refractivity contribution in [2.75, 3.05) is 0 Å². The van der Waals surface area contributed by atoms with Gasteiger partial charge in [-0.1, -0.05) is 12.1 Å². The van der Waals surface area contributed by atoms with Gasteiger partial charge in [0.05, 0.1) is 11.4 Å². The Bertz CT molecular complexity index is 800. The third-order valence-electron chi connectivity index (χ3n) is 3.15. The molecule has 0 fully saturated rings. The van der Waals surface area contributed by atoms with Gasteiger partial charge in [-0.05, 0) is 30.7 Å². The largest absolute Gasteiger partial charge is 0.476 e. The summed E-state index contributed by atoms with van der Waals surface area (Å²) in [6.07, 6.45) is 1.60. The molecule has 1 aromatic carbocycles. The normalized spacial score (nSPS) is 10.8. The summed E-state index contributed by atoms with van der Waals surface area (Å²) < 4.78 is 6.90. The molecule has 3 aromatic rings. The van der Waals surface area contributed by atoms with Crippen molar-refractivity contribution in [3.05, 3.63) is 48.0 Å². The highest BCUT2D eigenvalue weighted by Crippen LogP contribution is 2.24. The smallest absolute Gasteiger partial charge is 0.356 e. The van der Waals surface area contributed by atoms with Gasteiger partial charge in [0.2, 0.25) is 5.89 Å². The van der Waals surface area contributed by atoms with E-state index in [9.17, 15) is 4.79 Å². The zero-order valence-corrected chi connectivity index (χ0v) is 11.6. The van der Waals surface area contributed by atoms with Crippen LogP contribution in [0.1, 0.15) is 16.2 Å². The molecule has 0 aliphatic heterocycles. The maximum absolute atomic E-state index is 10.9. The molecule has 0 saturated carbocycles. The number of carboxylic acid groups (broad SMARTS) is 1. The second kappa shape index (κ2) is 4.90. The van der Waals surface area contributed by atoms with E-state index in [1.54, 1.807) is 24.1 Å². The molecule has 0 atom stereocenters. The minimum absolute atomic E-state index is 0.0277. The molecule has 0 amide bonds. The lowest BCUT2D eigenvalue weighted by Crippen LogP contribution is -1.99. The van der Waals surface area contributed by atoms with Crippen molar-refractivity contribution >= 4 is 5.97 Å². The molecular weight excluding hydrogens is 270 g/mol. The third kappa shape index (κ3) is 2.43. The van der Waals surface area contributed by atoms with E-state index in [-0.39, 0.29) is 5.69 Å². The molecule has 6 heteroatoms. The molecule has 0 aliphatic rings. The number of carbonyl (C=O) groups is 1. The van der Waals surface area contributed by atoms with Crippen molar-refractivity contribution in [2.24, 2.45) is 7.05 Å². The van der Waals surface area contributed by atoms with Crippen LogP contribution in [0.5, 0.6) is 0 Å². The fraction of sp³-hybridized carbons (Fsp3) is 0.133. The van der Waals surface area contributed by atoms with E-state index in [2.05, 4.69) is 10.1 Å². The monoisotopic (exact) mass is 283 g/mol. The summed E-state index contributed by atoms with van der Waals surface area (Å²) in [7, 11) is 1.72. The van der Waals surface area contributed by atoms with Gasteiger partial charge >= 0.3 is 5.97 Å². The van der Waals surface area contributed by atoms with E-state index in [4.69, 9.17) is 9.52 Å². The molecule has 0 aliphatic carbocycles. The van der Waals surface area contributed by atoms with Crippen molar-refractivity contribution in [2.45, 2.75) is 6.92 Å². The maximum atomic E-state index is 10.9. The van der Waals surface area contributed by atoms with Crippen LogP contribution in [0.4, 0.5) is 0 Å². The average Bonchev–Trinajstić information content (AvgIpc) is 3.05. The Morgan fingerprint density at radius 1 is 1.24 bits per heavy atom. The molecule has 0 radical (unpaired) electrons. The van der Waals surface area contributed by atoms with Crippen molar-refractivity contribution < 1.29 is 14.3 Å². The molecule has 2 heterocycles. The van der Waals surface area contributed by atoms with Gasteiger partial charge in [0, 0.05) is 12.6 Å². The van der Waals surface area contributed by atoms with Crippen molar-refractivity contribution in [1.82, 2.24) is 14.8 Å². The van der Waals surface area contributed by atoms with E-state index in [0.29, 0.717) is 5.89 Å². The number of benzene rings is 1. The number of aromatic nitrogens is 3. The standard InChI is InChI=1S/C15H13N3O3/c1-9-8-21-14(16-9)11-5-3-10(4-6-11)13-7-12(15(19)20)17-18(13)2/h3-8H,1-2H3,(H,19,20). The number of rotatable bonds is 3. The van der Waals surface area contributed by atoms with Crippen LogP contribution in [-0.2, 0) is 7.05 Å². The second-order valence-corrected chi connectivity index (χ2v) is 4.71. The Balaban J connectivity index is 1.96. The summed E-state index contributed by atoms with van der Waals surface area (Å²) in [5, 5.41) is 12.9. The lowest BCUT2D eigenvalue weighted by Gasteiger charge is -2.02. The van der Waals surface area contributed by atoms with Crippen LogP contribution in [0, 0.1) is 6.92 Å². The summed E-state index contributed by atoms with van der Waals surface area (Å²) in [4.78, 5) is 15.2. The lowest BCUT2D eigenvalue weighted by molar-refractivity contribution is 0.0689. The first-order valence-corrected chi connectivity index (χ1v) is 6.35. The molecule has 1 N–H and O–H groups in total. The quantitative estimate of drug-likeness (QED) is 0.799. The number of aryl methyl sites for hydroxylation is 2. The number of aromatic carboxylic acids is 1. The molecule has 2 aromatic heterocycles. The molecular formula is C15H13N3O3. The molecule has 0 saturated heterocycles. The minimum atomic E-state index is -1.04. The molecule has 0 unspecified atom stereocenters. The van der Waals surface area contributed by atoms with Gasteiger partial charge in [0.25, 0.3) is 0 Å². The number of hydrogen-bond donors (Lipinski definition) is 1. The summed E-state index contributed by atoms with van der Waals surface area (Å²) in [6.45, 7) is 1.87. The highest BCUT2D eigenvalue weighted by molar-refractivity contribution is 5.87. The SMILES string of the molecule is Cc1coc(-c2ccc(-c3cc(C(=O)O)nn3C)cc2)n1. The Morgan fingerprint density at radius 3 is 2.43 bits per heavy atom. The highest BCUT2D eigenvalue weighted by Gasteiger charge is 2.13. The van der Waals surface area contributed by atoms with E-state index >= 15 is 0 Å². The number of carboxylic acids is 1. The van der Waals surface area contributed by atoms with Crippen LogP contribution >= 0.6 is 0 Å². The summed E-state index contributed by atoms with van der Waals surface area (Å²) >= 11 is 0.